The monoisotopic (exact) mass is 494 g/mol. The number of benzene rings is 1. The molecule has 1 aliphatic rings. The second-order valence-electron chi connectivity index (χ2n) is 6.96. The van der Waals surface area contributed by atoms with Gasteiger partial charge in [0, 0.05) is 11.3 Å². The number of carbonyl (C=O) groups is 1. The van der Waals surface area contributed by atoms with Crippen LogP contribution < -0.4 is 10.6 Å². The lowest BCUT2D eigenvalue weighted by atomic mass is 10.0. The summed E-state index contributed by atoms with van der Waals surface area (Å²) in [5.41, 5.74) is -2.30. The molecule has 13 heteroatoms. The SMILES string of the molecule is O=C(Nc1ccccc1C(F)(F)F)c1nn2c(c1Cl)N[C@@H](c1cccs1)C[C@@H]2C(F)(F)F. The number of amides is 1. The van der Waals surface area contributed by atoms with Gasteiger partial charge in [0.1, 0.15) is 10.8 Å². The molecule has 0 saturated heterocycles. The molecule has 2 aromatic heterocycles. The Labute approximate surface area is 186 Å². The lowest BCUT2D eigenvalue weighted by Crippen LogP contribution is -2.35. The Kier molecular flexibility index (Phi) is 5.61. The quantitative estimate of drug-likeness (QED) is 0.407. The predicted molar refractivity (Wildman–Crippen MR) is 107 cm³/mol. The Hall–Kier alpha value is -2.73. The Morgan fingerprint density at radius 2 is 1.88 bits per heavy atom. The minimum Gasteiger partial charge on any atom is -0.361 e. The van der Waals surface area contributed by atoms with Crippen molar-refractivity contribution in [1.82, 2.24) is 9.78 Å². The van der Waals surface area contributed by atoms with E-state index in [0.29, 0.717) is 9.56 Å². The van der Waals surface area contributed by atoms with Crippen molar-refractivity contribution in [2.24, 2.45) is 0 Å². The van der Waals surface area contributed by atoms with Gasteiger partial charge in [0.2, 0.25) is 0 Å². The number of fused-ring (bicyclic) bond motifs is 1. The molecule has 0 saturated carbocycles. The molecule has 0 unspecified atom stereocenters. The topological polar surface area (TPSA) is 59.0 Å². The average molecular weight is 495 g/mol. The number of nitrogens with one attached hydrogen (secondary N) is 2. The molecule has 170 valence electrons. The van der Waals surface area contributed by atoms with Crippen molar-refractivity contribution in [2.75, 3.05) is 10.6 Å². The summed E-state index contributed by atoms with van der Waals surface area (Å²) in [7, 11) is 0. The summed E-state index contributed by atoms with van der Waals surface area (Å²) in [5.74, 6) is -1.39. The number of nitrogens with zero attached hydrogens (tertiary/aromatic N) is 2. The zero-order valence-electron chi connectivity index (χ0n) is 15.8. The predicted octanol–water partition coefficient (Wildman–Crippen LogP) is 6.53. The van der Waals surface area contributed by atoms with Crippen molar-refractivity contribution in [2.45, 2.75) is 30.9 Å². The van der Waals surface area contributed by atoms with Crippen molar-refractivity contribution in [3.05, 3.63) is 62.9 Å². The summed E-state index contributed by atoms with van der Waals surface area (Å²) in [6.45, 7) is 0. The zero-order chi connectivity index (χ0) is 23.3. The van der Waals surface area contributed by atoms with Crippen LogP contribution in [0.25, 0.3) is 0 Å². The average Bonchev–Trinajstić information content (AvgIpc) is 3.35. The highest BCUT2D eigenvalue weighted by atomic mass is 35.5. The molecule has 0 radical (unpaired) electrons. The number of anilines is 2. The largest absolute Gasteiger partial charge is 0.418 e. The number of thiophene rings is 1. The maximum absolute atomic E-state index is 13.8. The van der Waals surface area contributed by atoms with Crippen LogP contribution in [0.2, 0.25) is 5.02 Å². The highest BCUT2D eigenvalue weighted by Crippen LogP contribution is 2.47. The van der Waals surface area contributed by atoms with Crippen LogP contribution in [0.1, 0.15) is 39.4 Å². The second-order valence-corrected chi connectivity index (χ2v) is 8.32. The number of halogens is 7. The first-order valence-corrected chi connectivity index (χ1v) is 10.3. The first-order valence-electron chi connectivity index (χ1n) is 9.09. The van der Waals surface area contributed by atoms with Crippen molar-refractivity contribution in [3.8, 4) is 0 Å². The fourth-order valence-corrected chi connectivity index (χ4v) is 4.49. The van der Waals surface area contributed by atoms with Crippen LogP contribution in [0.5, 0.6) is 0 Å². The summed E-state index contributed by atoms with van der Waals surface area (Å²) in [4.78, 5) is 13.3. The van der Waals surface area contributed by atoms with Gasteiger partial charge < -0.3 is 10.6 Å². The molecule has 4 rings (SSSR count). The van der Waals surface area contributed by atoms with Crippen LogP contribution in [-0.4, -0.2) is 21.9 Å². The van der Waals surface area contributed by atoms with E-state index in [1.807, 2.05) is 5.32 Å². The van der Waals surface area contributed by atoms with E-state index >= 15 is 0 Å². The highest BCUT2D eigenvalue weighted by Gasteiger charge is 2.48. The number of rotatable bonds is 3. The lowest BCUT2D eigenvalue weighted by molar-refractivity contribution is -0.173. The molecule has 32 heavy (non-hydrogen) atoms. The van der Waals surface area contributed by atoms with Crippen LogP contribution >= 0.6 is 22.9 Å². The first kappa shape index (κ1) is 22.5. The fourth-order valence-electron chi connectivity index (χ4n) is 3.43. The smallest absolute Gasteiger partial charge is 0.361 e. The molecule has 5 nitrogen and oxygen atoms in total. The Bertz CT molecular complexity index is 1140. The zero-order valence-corrected chi connectivity index (χ0v) is 17.3. The van der Waals surface area contributed by atoms with E-state index in [-0.39, 0.29) is 5.82 Å². The summed E-state index contributed by atoms with van der Waals surface area (Å²) in [6, 6.07) is 4.75. The summed E-state index contributed by atoms with van der Waals surface area (Å²) < 4.78 is 81.4. The second kappa shape index (κ2) is 8.00. The van der Waals surface area contributed by atoms with E-state index in [9.17, 15) is 31.1 Å². The Morgan fingerprint density at radius 1 is 1.16 bits per heavy atom. The van der Waals surface area contributed by atoms with Gasteiger partial charge in [0.15, 0.2) is 11.7 Å². The van der Waals surface area contributed by atoms with Gasteiger partial charge in [-0.25, -0.2) is 4.68 Å². The molecular formula is C19H13ClF6N4OS. The van der Waals surface area contributed by atoms with Crippen LogP contribution in [0.3, 0.4) is 0 Å². The van der Waals surface area contributed by atoms with E-state index in [1.54, 1.807) is 17.5 Å². The van der Waals surface area contributed by atoms with Gasteiger partial charge in [-0.3, -0.25) is 4.79 Å². The van der Waals surface area contributed by atoms with Gasteiger partial charge in [0.25, 0.3) is 5.91 Å². The van der Waals surface area contributed by atoms with Crippen LogP contribution in [-0.2, 0) is 6.18 Å². The van der Waals surface area contributed by atoms with E-state index in [4.69, 9.17) is 11.6 Å². The van der Waals surface area contributed by atoms with Crippen LogP contribution in [0.4, 0.5) is 37.8 Å². The van der Waals surface area contributed by atoms with Crippen molar-refractivity contribution < 1.29 is 31.1 Å². The number of alkyl halides is 6. The molecular weight excluding hydrogens is 482 g/mol. The van der Waals surface area contributed by atoms with E-state index < -0.39 is 58.7 Å². The summed E-state index contributed by atoms with van der Waals surface area (Å²) in [6.07, 6.45) is -9.84. The molecule has 1 amide bonds. The number of aromatic nitrogens is 2. The minimum atomic E-state index is -4.75. The number of hydrogen-bond acceptors (Lipinski definition) is 4. The molecule has 2 atom stereocenters. The molecule has 1 aliphatic heterocycles. The maximum Gasteiger partial charge on any atom is 0.418 e. The lowest BCUT2D eigenvalue weighted by Gasteiger charge is -2.32. The van der Waals surface area contributed by atoms with E-state index in [1.165, 1.54) is 17.4 Å². The highest BCUT2D eigenvalue weighted by molar-refractivity contribution is 7.10. The molecule has 1 aromatic carbocycles. The third kappa shape index (κ3) is 4.16. The van der Waals surface area contributed by atoms with Crippen molar-refractivity contribution in [3.63, 3.8) is 0 Å². The van der Waals surface area contributed by atoms with E-state index in [2.05, 4.69) is 10.4 Å². The first-order chi connectivity index (χ1) is 15.0. The van der Waals surface area contributed by atoms with Gasteiger partial charge >= 0.3 is 12.4 Å². The fraction of sp³-hybridized carbons (Fsp3) is 0.263. The van der Waals surface area contributed by atoms with Gasteiger partial charge in [-0.15, -0.1) is 11.3 Å². The normalized spacial score (nSPS) is 18.7. The molecule has 3 heterocycles. The van der Waals surface area contributed by atoms with Gasteiger partial charge in [0.05, 0.1) is 17.3 Å². The molecule has 0 aliphatic carbocycles. The van der Waals surface area contributed by atoms with Gasteiger partial charge in [-0.05, 0) is 23.6 Å². The van der Waals surface area contributed by atoms with Crippen molar-refractivity contribution >= 4 is 40.4 Å². The molecule has 0 spiro atoms. The third-order valence-corrected chi connectivity index (χ3v) is 6.22. The minimum absolute atomic E-state index is 0.229. The Morgan fingerprint density at radius 3 is 2.50 bits per heavy atom. The molecule has 0 fully saturated rings. The maximum atomic E-state index is 13.8. The summed E-state index contributed by atoms with van der Waals surface area (Å²) >= 11 is 7.44. The molecule has 2 N–H and O–H groups in total. The Balaban J connectivity index is 1.71. The standard InChI is InChI=1S/C19H13ClF6N4OS/c20-14-15(17(31)28-10-5-2-1-4-9(10)18(21,22)23)29-30-13(19(24,25)26)8-11(27-16(14)30)12-6-3-7-32-12/h1-7,11,13,27H,8H2,(H,28,31)/t11-,13-/m1/s1. The number of para-hydroxylation sites is 1. The molecule has 3 aromatic rings. The van der Waals surface area contributed by atoms with E-state index in [0.717, 1.165) is 18.2 Å². The summed E-state index contributed by atoms with van der Waals surface area (Å²) in [5, 5.41) is 9.93. The number of hydrogen-bond donors (Lipinski definition) is 2. The van der Waals surface area contributed by atoms with Gasteiger partial charge in [-0.1, -0.05) is 29.8 Å². The van der Waals surface area contributed by atoms with Gasteiger partial charge in [-0.2, -0.15) is 31.4 Å². The number of carbonyl (C=O) groups excluding carboxylic acids is 1. The third-order valence-electron chi connectivity index (χ3n) is 4.88. The van der Waals surface area contributed by atoms with Crippen LogP contribution in [0, 0.1) is 0 Å². The van der Waals surface area contributed by atoms with Crippen molar-refractivity contribution in [1.29, 1.82) is 0 Å². The van der Waals surface area contributed by atoms with Crippen LogP contribution in [0.15, 0.2) is 41.8 Å². The molecule has 0 bridgehead atoms.